The molecule has 0 aliphatic carbocycles. The SMILES string of the molecule is CCCCCCCCCCCC(=O)NC(=O)[C@@H](CCC(N)=O)NC(=O)[C@H](C)N. The first-order chi connectivity index (χ1) is 13.3. The van der Waals surface area contributed by atoms with Gasteiger partial charge in [0.1, 0.15) is 6.04 Å². The van der Waals surface area contributed by atoms with Gasteiger partial charge in [0.2, 0.25) is 23.6 Å². The van der Waals surface area contributed by atoms with Gasteiger partial charge in [0.15, 0.2) is 0 Å². The molecule has 0 aromatic carbocycles. The molecule has 6 N–H and O–H groups in total. The van der Waals surface area contributed by atoms with Gasteiger partial charge < -0.3 is 16.8 Å². The number of nitrogens with one attached hydrogen (secondary N) is 2. The Morgan fingerprint density at radius 1 is 0.821 bits per heavy atom. The molecule has 4 amide bonds. The summed E-state index contributed by atoms with van der Waals surface area (Å²) in [6.07, 6.45) is 10.4. The van der Waals surface area contributed by atoms with Crippen LogP contribution < -0.4 is 22.1 Å². The average molecular weight is 399 g/mol. The van der Waals surface area contributed by atoms with Crippen LogP contribution in [0.5, 0.6) is 0 Å². The molecule has 0 unspecified atom stereocenters. The summed E-state index contributed by atoms with van der Waals surface area (Å²) in [6.45, 7) is 3.68. The molecule has 0 aromatic rings. The number of primary amides is 1. The summed E-state index contributed by atoms with van der Waals surface area (Å²) in [7, 11) is 0. The van der Waals surface area contributed by atoms with Crippen LogP contribution in [-0.4, -0.2) is 35.7 Å². The third-order valence-corrected chi connectivity index (χ3v) is 4.50. The Morgan fingerprint density at radius 2 is 1.36 bits per heavy atom. The fraction of sp³-hybridized carbons (Fsp3) is 0.800. The molecule has 162 valence electrons. The largest absolute Gasteiger partial charge is 0.370 e. The van der Waals surface area contributed by atoms with Crippen LogP contribution in [-0.2, 0) is 19.2 Å². The molecule has 0 aromatic heterocycles. The van der Waals surface area contributed by atoms with E-state index in [1.54, 1.807) is 0 Å². The average Bonchev–Trinajstić information content (AvgIpc) is 2.63. The topological polar surface area (TPSA) is 144 Å². The Hall–Kier alpha value is -1.96. The van der Waals surface area contributed by atoms with E-state index < -0.39 is 29.8 Å². The summed E-state index contributed by atoms with van der Waals surface area (Å²) in [6, 6.07) is -1.82. The lowest BCUT2D eigenvalue weighted by atomic mass is 10.1. The molecule has 8 nitrogen and oxygen atoms in total. The zero-order valence-corrected chi connectivity index (χ0v) is 17.4. The second-order valence-corrected chi connectivity index (χ2v) is 7.35. The predicted molar refractivity (Wildman–Crippen MR) is 109 cm³/mol. The number of carbonyl (C=O) groups is 4. The van der Waals surface area contributed by atoms with Gasteiger partial charge in [0.05, 0.1) is 6.04 Å². The first-order valence-corrected chi connectivity index (χ1v) is 10.5. The molecule has 0 aliphatic heterocycles. The quantitative estimate of drug-likeness (QED) is 0.292. The molecule has 0 bridgehead atoms. The van der Waals surface area contributed by atoms with E-state index in [0.29, 0.717) is 6.42 Å². The molecular formula is C20H38N4O4. The van der Waals surface area contributed by atoms with Crippen molar-refractivity contribution in [1.82, 2.24) is 10.6 Å². The number of rotatable bonds is 16. The summed E-state index contributed by atoms with van der Waals surface area (Å²) < 4.78 is 0. The van der Waals surface area contributed by atoms with Gasteiger partial charge in [-0.3, -0.25) is 24.5 Å². The highest BCUT2D eigenvalue weighted by molar-refractivity contribution is 5.99. The van der Waals surface area contributed by atoms with Crippen LogP contribution in [0.2, 0.25) is 0 Å². The van der Waals surface area contributed by atoms with Crippen LogP contribution in [0.4, 0.5) is 0 Å². The Kier molecular flexibility index (Phi) is 14.9. The van der Waals surface area contributed by atoms with Crippen LogP contribution >= 0.6 is 0 Å². The Bertz CT molecular complexity index is 495. The smallest absolute Gasteiger partial charge is 0.249 e. The van der Waals surface area contributed by atoms with Crippen LogP contribution in [0.25, 0.3) is 0 Å². The molecule has 8 heteroatoms. The zero-order chi connectivity index (χ0) is 21.4. The maximum Gasteiger partial charge on any atom is 0.249 e. The van der Waals surface area contributed by atoms with Crippen molar-refractivity contribution in [3.05, 3.63) is 0 Å². The summed E-state index contributed by atoms with van der Waals surface area (Å²) in [5, 5.41) is 4.73. The lowest BCUT2D eigenvalue weighted by Gasteiger charge is -2.18. The number of carbonyl (C=O) groups excluding carboxylic acids is 4. The van der Waals surface area contributed by atoms with Gasteiger partial charge in [-0.15, -0.1) is 0 Å². The van der Waals surface area contributed by atoms with E-state index in [4.69, 9.17) is 11.5 Å². The normalized spacial score (nSPS) is 12.8. The van der Waals surface area contributed by atoms with Crippen LogP contribution in [0.15, 0.2) is 0 Å². The number of amides is 4. The summed E-state index contributed by atoms with van der Waals surface area (Å²) in [5.41, 5.74) is 10.6. The summed E-state index contributed by atoms with van der Waals surface area (Å²) >= 11 is 0. The van der Waals surface area contributed by atoms with E-state index in [9.17, 15) is 19.2 Å². The monoisotopic (exact) mass is 398 g/mol. The summed E-state index contributed by atoms with van der Waals surface area (Å²) in [5.74, 6) is -2.15. The molecule has 0 rings (SSSR count). The zero-order valence-electron chi connectivity index (χ0n) is 17.4. The number of unbranched alkanes of at least 4 members (excludes halogenated alkanes) is 8. The minimum absolute atomic E-state index is 0.0188. The maximum absolute atomic E-state index is 12.2. The minimum Gasteiger partial charge on any atom is -0.370 e. The fourth-order valence-electron chi connectivity index (χ4n) is 2.74. The predicted octanol–water partition coefficient (Wildman–Crippen LogP) is 1.65. The minimum atomic E-state index is -1.02. The fourth-order valence-corrected chi connectivity index (χ4v) is 2.74. The Labute approximate surface area is 168 Å². The highest BCUT2D eigenvalue weighted by Crippen LogP contribution is 2.10. The van der Waals surface area contributed by atoms with Crippen molar-refractivity contribution < 1.29 is 19.2 Å². The highest BCUT2D eigenvalue weighted by Gasteiger charge is 2.24. The number of nitrogens with two attached hydrogens (primary N) is 2. The van der Waals surface area contributed by atoms with Crippen molar-refractivity contribution in [1.29, 1.82) is 0 Å². The molecule has 2 atom stereocenters. The maximum atomic E-state index is 12.2. The van der Waals surface area contributed by atoms with Crippen LogP contribution in [0, 0.1) is 0 Å². The van der Waals surface area contributed by atoms with E-state index in [-0.39, 0.29) is 25.2 Å². The molecule has 0 spiro atoms. The molecular weight excluding hydrogens is 360 g/mol. The third-order valence-electron chi connectivity index (χ3n) is 4.50. The van der Waals surface area contributed by atoms with Gasteiger partial charge in [-0.05, 0) is 19.8 Å². The van der Waals surface area contributed by atoms with Crippen molar-refractivity contribution in [3.63, 3.8) is 0 Å². The van der Waals surface area contributed by atoms with Gasteiger partial charge >= 0.3 is 0 Å². The lowest BCUT2D eigenvalue weighted by molar-refractivity contribution is -0.134. The van der Waals surface area contributed by atoms with Gasteiger partial charge in [0.25, 0.3) is 0 Å². The third kappa shape index (κ3) is 14.1. The van der Waals surface area contributed by atoms with Crippen LogP contribution in [0.1, 0.15) is 90.9 Å². The molecule has 0 saturated carbocycles. The highest BCUT2D eigenvalue weighted by atomic mass is 16.2. The first-order valence-electron chi connectivity index (χ1n) is 10.5. The van der Waals surface area contributed by atoms with E-state index in [0.717, 1.165) is 12.8 Å². The van der Waals surface area contributed by atoms with Gasteiger partial charge in [-0.25, -0.2) is 0 Å². The van der Waals surface area contributed by atoms with Crippen molar-refractivity contribution in [2.24, 2.45) is 11.5 Å². The Balaban J connectivity index is 4.14. The number of imide groups is 1. The second kappa shape index (κ2) is 16.0. The first kappa shape index (κ1) is 26.0. The molecule has 0 fully saturated rings. The van der Waals surface area contributed by atoms with Gasteiger partial charge in [0, 0.05) is 12.8 Å². The van der Waals surface area contributed by atoms with Gasteiger partial charge in [-0.1, -0.05) is 58.3 Å². The van der Waals surface area contributed by atoms with Crippen molar-refractivity contribution in [2.45, 2.75) is 103 Å². The second-order valence-electron chi connectivity index (χ2n) is 7.35. The van der Waals surface area contributed by atoms with E-state index in [1.807, 2.05) is 0 Å². The molecule has 0 aliphatic rings. The molecule has 0 saturated heterocycles. The van der Waals surface area contributed by atoms with Crippen molar-refractivity contribution >= 4 is 23.6 Å². The van der Waals surface area contributed by atoms with E-state index >= 15 is 0 Å². The molecule has 0 radical (unpaired) electrons. The standard InChI is InChI=1S/C20H38N4O4/c1-3-4-5-6-7-8-9-10-11-12-18(26)24-20(28)16(13-14-17(22)25)23-19(27)15(2)21/h15-16H,3-14,21H2,1-2H3,(H2,22,25)(H,23,27)(H,24,26,28)/t15-,16+/m0/s1. The number of hydrogen-bond donors (Lipinski definition) is 4. The lowest BCUT2D eigenvalue weighted by Crippen LogP contribution is -2.52. The van der Waals surface area contributed by atoms with E-state index in [1.165, 1.54) is 45.4 Å². The van der Waals surface area contributed by atoms with Crippen molar-refractivity contribution in [2.75, 3.05) is 0 Å². The molecule has 28 heavy (non-hydrogen) atoms. The van der Waals surface area contributed by atoms with Crippen molar-refractivity contribution in [3.8, 4) is 0 Å². The van der Waals surface area contributed by atoms with Gasteiger partial charge in [-0.2, -0.15) is 0 Å². The number of hydrogen-bond acceptors (Lipinski definition) is 5. The Morgan fingerprint density at radius 3 is 1.86 bits per heavy atom. The molecule has 0 heterocycles. The summed E-state index contributed by atoms with van der Waals surface area (Å²) in [4.78, 5) is 46.9. The van der Waals surface area contributed by atoms with E-state index in [2.05, 4.69) is 17.6 Å². The van der Waals surface area contributed by atoms with Crippen LogP contribution in [0.3, 0.4) is 0 Å².